The Morgan fingerprint density at radius 1 is 0.500 bits per heavy atom. The maximum Gasteiger partial charge on any atom is 0.306 e. The number of unbranched alkanes of at least 4 members (excludes halogenated alkanes) is 25. The van der Waals surface area contributed by atoms with Crippen LogP contribution in [0.1, 0.15) is 213 Å². The molecule has 5 nitrogen and oxygen atoms in total. The number of hydrogen-bond acceptors (Lipinski definition) is 5. The summed E-state index contributed by atoms with van der Waals surface area (Å²) in [5.41, 5.74) is 0. The Bertz CT molecular complexity index is 605. The number of carbonyl (C=O) groups excluding carboxylic acids is 2. The predicted octanol–water partition coefficient (Wildman–Crippen LogP) is 11.8. The number of aliphatic hydroxyl groups is 1. The van der Waals surface area contributed by atoms with E-state index in [0.29, 0.717) is 12.8 Å². The highest BCUT2D eigenvalue weighted by atomic mass is 16.6. The molecule has 0 aromatic carbocycles. The van der Waals surface area contributed by atoms with Crippen molar-refractivity contribution in [2.24, 2.45) is 5.92 Å². The Morgan fingerprint density at radius 3 is 1.20 bits per heavy atom. The van der Waals surface area contributed by atoms with Gasteiger partial charge in [-0.2, -0.15) is 0 Å². The Balaban J connectivity index is 3.47. The molecule has 0 aliphatic heterocycles. The van der Waals surface area contributed by atoms with Crippen LogP contribution in [0.15, 0.2) is 0 Å². The van der Waals surface area contributed by atoms with E-state index in [2.05, 4.69) is 20.8 Å². The number of rotatable bonds is 35. The molecule has 0 aliphatic carbocycles. The Morgan fingerprint density at radius 2 is 0.841 bits per heavy atom. The maximum absolute atomic E-state index is 12.1. The van der Waals surface area contributed by atoms with E-state index in [1.54, 1.807) is 0 Å². The number of ether oxygens (including phenoxy) is 2. The molecule has 0 spiro atoms. The summed E-state index contributed by atoms with van der Waals surface area (Å²) in [5, 5.41) is 9.52. The van der Waals surface area contributed by atoms with Gasteiger partial charge in [-0.15, -0.1) is 0 Å². The van der Waals surface area contributed by atoms with Crippen LogP contribution < -0.4 is 0 Å². The van der Waals surface area contributed by atoms with Crippen LogP contribution in [0.25, 0.3) is 0 Å². The summed E-state index contributed by atoms with van der Waals surface area (Å²) in [6.45, 7) is 6.46. The van der Waals surface area contributed by atoms with Gasteiger partial charge in [0.25, 0.3) is 0 Å². The molecule has 0 rings (SSSR count). The summed E-state index contributed by atoms with van der Waals surface area (Å²) >= 11 is 0. The minimum absolute atomic E-state index is 0.0585. The minimum Gasteiger partial charge on any atom is -0.462 e. The lowest BCUT2D eigenvalue weighted by Gasteiger charge is -2.15. The second-order valence-electron chi connectivity index (χ2n) is 13.9. The van der Waals surface area contributed by atoms with Crippen molar-refractivity contribution in [3.8, 4) is 0 Å². The van der Waals surface area contributed by atoms with Crippen LogP contribution in [0.4, 0.5) is 0 Å². The smallest absolute Gasteiger partial charge is 0.306 e. The molecule has 262 valence electrons. The van der Waals surface area contributed by atoms with Crippen LogP contribution in [-0.4, -0.2) is 36.4 Å². The lowest BCUT2D eigenvalue weighted by atomic mass is 10.0. The SMILES string of the molecule is CCCCCCCCCCCCCCCCCCCCCC(=O)OC[C@H](CO)OC(=O)CCCCCCCCCCC(C)C. The van der Waals surface area contributed by atoms with Crippen LogP contribution in [0.3, 0.4) is 0 Å². The van der Waals surface area contributed by atoms with Crippen molar-refractivity contribution in [1.82, 2.24) is 0 Å². The summed E-state index contributed by atoms with van der Waals surface area (Å²) in [6.07, 6.45) is 36.0. The highest BCUT2D eigenvalue weighted by Crippen LogP contribution is 2.16. The van der Waals surface area contributed by atoms with Gasteiger partial charge in [-0.05, 0) is 18.8 Å². The minimum atomic E-state index is -0.762. The zero-order chi connectivity index (χ0) is 32.4. The molecule has 44 heavy (non-hydrogen) atoms. The molecule has 0 unspecified atom stereocenters. The van der Waals surface area contributed by atoms with Gasteiger partial charge in [0.05, 0.1) is 6.61 Å². The topological polar surface area (TPSA) is 72.8 Å². The van der Waals surface area contributed by atoms with E-state index in [1.807, 2.05) is 0 Å². The van der Waals surface area contributed by atoms with Crippen molar-refractivity contribution >= 4 is 11.9 Å². The second kappa shape index (κ2) is 34.8. The van der Waals surface area contributed by atoms with Gasteiger partial charge in [-0.25, -0.2) is 0 Å². The normalized spacial score (nSPS) is 12.1. The van der Waals surface area contributed by atoms with Crippen LogP contribution in [0.5, 0.6) is 0 Å². The maximum atomic E-state index is 12.1. The molecule has 0 saturated carbocycles. The fraction of sp³-hybridized carbons (Fsp3) is 0.949. The quantitative estimate of drug-likeness (QED) is 0.0561. The van der Waals surface area contributed by atoms with Gasteiger partial charge in [0, 0.05) is 12.8 Å². The summed E-state index contributed by atoms with van der Waals surface area (Å²) in [7, 11) is 0. The average molecular weight is 625 g/mol. The molecule has 0 aliphatic rings. The van der Waals surface area contributed by atoms with Crippen LogP contribution in [-0.2, 0) is 19.1 Å². The molecular weight excluding hydrogens is 548 g/mol. The highest BCUT2D eigenvalue weighted by molar-refractivity contribution is 5.70. The molecule has 0 amide bonds. The first-order valence-electron chi connectivity index (χ1n) is 19.5. The van der Waals surface area contributed by atoms with E-state index in [0.717, 1.165) is 38.0 Å². The molecular formula is C39H76O5. The van der Waals surface area contributed by atoms with Gasteiger partial charge in [0.15, 0.2) is 6.10 Å². The van der Waals surface area contributed by atoms with Crippen LogP contribution >= 0.6 is 0 Å². The first kappa shape index (κ1) is 42.9. The average Bonchev–Trinajstić information content (AvgIpc) is 3.01. The summed E-state index contributed by atoms with van der Waals surface area (Å²) in [5.74, 6) is 0.226. The molecule has 5 heteroatoms. The van der Waals surface area contributed by atoms with Gasteiger partial charge in [-0.3, -0.25) is 9.59 Å². The van der Waals surface area contributed by atoms with Gasteiger partial charge < -0.3 is 14.6 Å². The summed E-state index contributed by atoms with van der Waals surface area (Å²) in [6, 6.07) is 0. The molecule has 0 aromatic heterocycles. The van der Waals surface area contributed by atoms with E-state index in [-0.39, 0.29) is 25.2 Å². The van der Waals surface area contributed by atoms with E-state index in [9.17, 15) is 14.7 Å². The van der Waals surface area contributed by atoms with Crippen molar-refractivity contribution in [3.05, 3.63) is 0 Å². The molecule has 0 fully saturated rings. The van der Waals surface area contributed by atoms with Crippen molar-refractivity contribution < 1.29 is 24.2 Å². The monoisotopic (exact) mass is 625 g/mol. The Hall–Kier alpha value is -1.10. The van der Waals surface area contributed by atoms with Crippen molar-refractivity contribution in [2.45, 2.75) is 219 Å². The Kier molecular flexibility index (Phi) is 33.9. The standard InChI is InChI=1S/C39H76O5/c1-4-5-6-7-8-9-10-11-12-13-14-15-16-17-18-19-23-26-29-32-38(41)43-35-37(34-40)44-39(42)33-30-27-24-21-20-22-25-28-31-36(2)3/h36-37,40H,4-35H2,1-3H3/t37-/m0/s1. The third-order valence-electron chi connectivity index (χ3n) is 8.83. The number of aliphatic hydroxyl groups excluding tert-OH is 1. The molecule has 1 N–H and O–H groups in total. The van der Waals surface area contributed by atoms with Gasteiger partial charge in [0.2, 0.25) is 0 Å². The third kappa shape index (κ3) is 33.8. The van der Waals surface area contributed by atoms with Crippen molar-refractivity contribution in [2.75, 3.05) is 13.2 Å². The fourth-order valence-corrected chi connectivity index (χ4v) is 5.86. The zero-order valence-corrected chi connectivity index (χ0v) is 29.9. The van der Waals surface area contributed by atoms with E-state index >= 15 is 0 Å². The van der Waals surface area contributed by atoms with Gasteiger partial charge >= 0.3 is 11.9 Å². The molecule has 0 radical (unpaired) electrons. The lowest BCUT2D eigenvalue weighted by molar-refractivity contribution is -0.161. The molecule has 0 saturated heterocycles. The fourth-order valence-electron chi connectivity index (χ4n) is 5.86. The first-order chi connectivity index (χ1) is 21.5. The number of hydrogen-bond donors (Lipinski definition) is 1. The molecule has 0 heterocycles. The summed E-state index contributed by atoms with van der Waals surface area (Å²) < 4.78 is 10.6. The lowest BCUT2D eigenvalue weighted by Crippen LogP contribution is -2.28. The Labute approximate surface area is 274 Å². The van der Waals surface area contributed by atoms with Crippen LogP contribution in [0.2, 0.25) is 0 Å². The van der Waals surface area contributed by atoms with E-state index in [1.165, 1.54) is 148 Å². The van der Waals surface area contributed by atoms with Crippen LogP contribution in [0, 0.1) is 5.92 Å². The largest absolute Gasteiger partial charge is 0.462 e. The van der Waals surface area contributed by atoms with E-state index < -0.39 is 6.10 Å². The van der Waals surface area contributed by atoms with Crippen molar-refractivity contribution in [3.63, 3.8) is 0 Å². The molecule has 0 aromatic rings. The van der Waals surface area contributed by atoms with Gasteiger partial charge in [-0.1, -0.05) is 188 Å². The zero-order valence-electron chi connectivity index (χ0n) is 29.9. The number of carbonyl (C=O) groups is 2. The third-order valence-corrected chi connectivity index (χ3v) is 8.83. The first-order valence-corrected chi connectivity index (χ1v) is 19.5. The molecule has 0 bridgehead atoms. The predicted molar refractivity (Wildman–Crippen MR) is 187 cm³/mol. The summed E-state index contributed by atoms with van der Waals surface area (Å²) in [4.78, 5) is 24.2. The van der Waals surface area contributed by atoms with Crippen molar-refractivity contribution in [1.29, 1.82) is 0 Å². The second-order valence-corrected chi connectivity index (χ2v) is 13.9. The highest BCUT2D eigenvalue weighted by Gasteiger charge is 2.16. The molecule has 1 atom stereocenters. The van der Waals surface area contributed by atoms with Gasteiger partial charge in [0.1, 0.15) is 6.61 Å². The number of esters is 2. The van der Waals surface area contributed by atoms with E-state index in [4.69, 9.17) is 9.47 Å².